The number of rotatable bonds is 4. The molecule has 0 bridgehead atoms. The minimum atomic E-state index is 0.564. The maximum absolute atomic E-state index is 5.17. The zero-order chi connectivity index (χ0) is 12.4. The fourth-order valence-electron chi connectivity index (χ4n) is 1.24. The van der Waals surface area contributed by atoms with Gasteiger partial charge in [0, 0.05) is 9.85 Å². The number of thioether (sulfide) groups is 1. The van der Waals surface area contributed by atoms with Crippen molar-refractivity contribution in [1.82, 2.24) is 25.3 Å². The summed E-state index contributed by atoms with van der Waals surface area (Å²) in [6.45, 7) is 0. The Balaban J connectivity index is 1.70. The van der Waals surface area contributed by atoms with Crippen molar-refractivity contribution in [2.45, 2.75) is 10.9 Å². The van der Waals surface area contributed by atoms with Gasteiger partial charge in [-0.05, 0) is 22.0 Å². The second-order valence-electron chi connectivity index (χ2n) is 3.22. The van der Waals surface area contributed by atoms with E-state index in [9.17, 15) is 0 Å². The van der Waals surface area contributed by atoms with Crippen molar-refractivity contribution in [1.29, 1.82) is 0 Å². The first-order chi connectivity index (χ1) is 8.81. The highest BCUT2D eigenvalue weighted by molar-refractivity contribution is 9.10. The van der Waals surface area contributed by atoms with E-state index in [0.29, 0.717) is 17.5 Å². The molecule has 0 atom stereocenters. The topological polar surface area (TPSA) is 80.5 Å². The smallest absolute Gasteiger partial charge is 0.237 e. The van der Waals surface area contributed by atoms with Crippen molar-refractivity contribution in [3.05, 3.63) is 28.1 Å². The van der Waals surface area contributed by atoms with Crippen LogP contribution in [0.2, 0.25) is 0 Å². The number of aromatic amines is 1. The molecule has 0 aliphatic heterocycles. The number of nitrogens with one attached hydrogen (secondary N) is 1. The Morgan fingerprint density at radius 2 is 2.44 bits per heavy atom. The van der Waals surface area contributed by atoms with Crippen molar-refractivity contribution in [3.63, 3.8) is 0 Å². The van der Waals surface area contributed by atoms with Gasteiger partial charge in [-0.2, -0.15) is 10.1 Å². The number of hydrogen-bond acceptors (Lipinski definition) is 7. The van der Waals surface area contributed by atoms with Gasteiger partial charge in [-0.25, -0.2) is 4.98 Å². The Hall–Kier alpha value is -1.19. The van der Waals surface area contributed by atoms with E-state index < -0.39 is 0 Å². The molecule has 18 heavy (non-hydrogen) atoms. The van der Waals surface area contributed by atoms with Gasteiger partial charge < -0.3 is 4.52 Å². The maximum Gasteiger partial charge on any atom is 0.237 e. The molecule has 3 aromatic heterocycles. The van der Waals surface area contributed by atoms with E-state index in [1.165, 1.54) is 18.1 Å². The van der Waals surface area contributed by atoms with Crippen molar-refractivity contribution in [2.75, 3.05) is 0 Å². The summed E-state index contributed by atoms with van der Waals surface area (Å²) in [5.74, 6) is 1.74. The van der Waals surface area contributed by atoms with Gasteiger partial charge in [0.2, 0.25) is 11.7 Å². The van der Waals surface area contributed by atoms with Crippen molar-refractivity contribution in [3.8, 4) is 10.7 Å². The van der Waals surface area contributed by atoms with Crippen LogP contribution in [-0.2, 0) is 5.75 Å². The molecule has 0 unspecified atom stereocenters. The van der Waals surface area contributed by atoms with Gasteiger partial charge >= 0.3 is 0 Å². The molecule has 0 amide bonds. The Morgan fingerprint density at radius 1 is 1.50 bits per heavy atom. The summed E-state index contributed by atoms with van der Waals surface area (Å²) in [6.07, 6.45) is 1.46. The van der Waals surface area contributed by atoms with E-state index in [-0.39, 0.29) is 0 Å². The van der Waals surface area contributed by atoms with Crippen LogP contribution in [0.25, 0.3) is 10.7 Å². The fourth-order valence-corrected chi connectivity index (χ4v) is 3.21. The molecule has 92 valence electrons. The molecule has 3 aromatic rings. The fraction of sp³-hybridized carbons (Fsp3) is 0.111. The number of hydrogen-bond donors (Lipinski definition) is 1. The Kier molecular flexibility index (Phi) is 3.43. The quantitative estimate of drug-likeness (QED) is 0.733. The first-order valence-corrected chi connectivity index (χ1v) is 7.52. The molecule has 0 saturated heterocycles. The van der Waals surface area contributed by atoms with Crippen molar-refractivity contribution >= 4 is 39.0 Å². The molecule has 0 fully saturated rings. The summed E-state index contributed by atoms with van der Waals surface area (Å²) < 4.78 is 6.19. The van der Waals surface area contributed by atoms with Crippen LogP contribution in [-0.4, -0.2) is 25.3 Å². The lowest BCUT2D eigenvalue weighted by Crippen LogP contribution is -1.82. The van der Waals surface area contributed by atoms with E-state index in [1.807, 2.05) is 11.4 Å². The lowest BCUT2D eigenvalue weighted by Gasteiger charge is -1.89. The van der Waals surface area contributed by atoms with Crippen LogP contribution < -0.4 is 0 Å². The van der Waals surface area contributed by atoms with Gasteiger partial charge in [0.05, 0.1) is 10.6 Å². The van der Waals surface area contributed by atoms with E-state index in [0.717, 1.165) is 14.5 Å². The molecule has 9 heteroatoms. The SMILES string of the molecule is Brc1csc(-c2noc(CSc3ncn[nH]3)n2)c1. The highest BCUT2D eigenvalue weighted by Crippen LogP contribution is 2.28. The summed E-state index contributed by atoms with van der Waals surface area (Å²) >= 11 is 6.42. The predicted octanol–water partition coefficient (Wildman–Crippen LogP) is 2.97. The minimum Gasteiger partial charge on any atom is -0.338 e. The third kappa shape index (κ3) is 2.62. The van der Waals surface area contributed by atoms with Crippen LogP contribution in [0, 0.1) is 0 Å². The molecule has 0 aromatic carbocycles. The number of aromatic nitrogens is 5. The third-order valence-electron chi connectivity index (χ3n) is 1.98. The first-order valence-electron chi connectivity index (χ1n) is 4.86. The number of thiophene rings is 1. The van der Waals surface area contributed by atoms with Gasteiger partial charge in [-0.1, -0.05) is 16.9 Å². The molecular weight excluding hydrogens is 338 g/mol. The van der Waals surface area contributed by atoms with Gasteiger partial charge in [0.15, 0.2) is 5.16 Å². The summed E-state index contributed by atoms with van der Waals surface area (Å²) in [5.41, 5.74) is 0. The lowest BCUT2D eigenvalue weighted by molar-refractivity contribution is 0.391. The largest absolute Gasteiger partial charge is 0.338 e. The Morgan fingerprint density at radius 3 is 3.17 bits per heavy atom. The molecular formula is C9H6BrN5OS2. The normalized spacial score (nSPS) is 10.9. The van der Waals surface area contributed by atoms with Crippen LogP contribution in [0.4, 0.5) is 0 Å². The highest BCUT2D eigenvalue weighted by atomic mass is 79.9. The van der Waals surface area contributed by atoms with Gasteiger partial charge in [-0.15, -0.1) is 11.3 Å². The van der Waals surface area contributed by atoms with Crippen LogP contribution in [0.5, 0.6) is 0 Å². The maximum atomic E-state index is 5.17. The van der Waals surface area contributed by atoms with E-state index in [2.05, 4.69) is 41.3 Å². The first kappa shape index (κ1) is 11.9. The zero-order valence-corrected chi connectivity index (χ0v) is 12.0. The van der Waals surface area contributed by atoms with Crippen molar-refractivity contribution in [2.24, 2.45) is 0 Å². The minimum absolute atomic E-state index is 0.564. The van der Waals surface area contributed by atoms with E-state index in [1.54, 1.807) is 11.3 Å². The molecule has 3 rings (SSSR count). The summed E-state index contributed by atoms with van der Waals surface area (Å²) in [7, 11) is 0. The van der Waals surface area contributed by atoms with Crippen LogP contribution in [0.1, 0.15) is 5.89 Å². The standard InChI is InChI=1S/C9H6BrN5OS2/c10-5-1-6(17-2-5)8-13-7(16-15-8)3-18-9-11-4-12-14-9/h1-2,4H,3H2,(H,11,12,14). The number of H-pyrrole nitrogens is 1. The molecule has 6 nitrogen and oxygen atoms in total. The zero-order valence-electron chi connectivity index (χ0n) is 8.83. The second kappa shape index (κ2) is 5.21. The number of nitrogens with zero attached hydrogens (tertiary/aromatic N) is 4. The third-order valence-corrected chi connectivity index (χ3v) is 4.53. The molecule has 0 spiro atoms. The molecule has 0 radical (unpaired) electrons. The molecule has 3 heterocycles. The Bertz CT molecular complexity index is 635. The predicted molar refractivity (Wildman–Crippen MR) is 71.3 cm³/mol. The van der Waals surface area contributed by atoms with E-state index in [4.69, 9.17) is 4.52 Å². The molecule has 0 aliphatic carbocycles. The average Bonchev–Trinajstić information content (AvgIpc) is 3.07. The van der Waals surface area contributed by atoms with Crippen LogP contribution in [0.15, 0.2) is 31.9 Å². The van der Waals surface area contributed by atoms with Gasteiger partial charge in [0.1, 0.15) is 6.33 Å². The lowest BCUT2D eigenvalue weighted by atomic mass is 10.4. The monoisotopic (exact) mass is 343 g/mol. The Labute approximate surface area is 118 Å². The van der Waals surface area contributed by atoms with Crippen LogP contribution in [0.3, 0.4) is 0 Å². The van der Waals surface area contributed by atoms with Crippen LogP contribution >= 0.6 is 39.0 Å². The average molecular weight is 344 g/mol. The van der Waals surface area contributed by atoms with Crippen molar-refractivity contribution < 1.29 is 4.52 Å². The summed E-state index contributed by atoms with van der Waals surface area (Å²) in [4.78, 5) is 9.30. The number of halogens is 1. The van der Waals surface area contributed by atoms with Gasteiger partial charge in [0.25, 0.3) is 0 Å². The molecule has 0 aliphatic rings. The second-order valence-corrected chi connectivity index (χ2v) is 6.01. The summed E-state index contributed by atoms with van der Waals surface area (Å²) in [6, 6.07) is 1.96. The van der Waals surface area contributed by atoms with Gasteiger partial charge in [-0.3, -0.25) is 5.10 Å². The highest BCUT2D eigenvalue weighted by Gasteiger charge is 2.11. The molecule has 0 saturated carbocycles. The molecule has 1 N–H and O–H groups in total. The van der Waals surface area contributed by atoms with E-state index >= 15 is 0 Å². The summed E-state index contributed by atoms with van der Waals surface area (Å²) in [5, 5.41) is 13.2.